The Morgan fingerprint density at radius 3 is 2.25 bits per heavy atom. The lowest BCUT2D eigenvalue weighted by Gasteiger charge is -2.29. The van der Waals surface area contributed by atoms with Gasteiger partial charge in [0.2, 0.25) is 17.7 Å². The van der Waals surface area contributed by atoms with E-state index in [0.717, 1.165) is 0 Å². The molecule has 1 fully saturated rings. The molecule has 1 aliphatic heterocycles. The summed E-state index contributed by atoms with van der Waals surface area (Å²) in [6, 6.07) is 1.27. The Labute approximate surface area is 208 Å². The van der Waals surface area contributed by atoms with E-state index in [1.54, 1.807) is 0 Å². The van der Waals surface area contributed by atoms with E-state index in [0.29, 0.717) is 31.4 Å². The molecule has 36 heavy (non-hydrogen) atoms. The van der Waals surface area contributed by atoms with Crippen LogP contribution in [0.5, 0.6) is 5.75 Å². The number of phenolic OH excluding ortho intramolecular Hbond substituents is 1. The van der Waals surface area contributed by atoms with Crippen molar-refractivity contribution in [2.45, 2.75) is 70.1 Å². The molecule has 1 aromatic rings. The number of nitrogens with two attached hydrogens (primary N) is 1. The van der Waals surface area contributed by atoms with Crippen molar-refractivity contribution in [1.29, 1.82) is 0 Å². The number of carbonyl (C=O) groups excluding carboxylic acids is 3. The number of phenols is 1. The predicted octanol–water partition coefficient (Wildman–Crippen LogP) is -0.172. The van der Waals surface area contributed by atoms with Gasteiger partial charge in [0.15, 0.2) is 0 Å². The third-order valence-electron chi connectivity index (χ3n) is 5.88. The summed E-state index contributed by atoms with van der Waals surface area (Å²) in [7, 11) is 0. The smallest absolute Gasteiger partial charge is 0.326 e. The van der Waals surface area contributed by atoms with E-state index in [9.17, 15) is 34.2 Å². The molecule has 12 heteroatoms. The average molecular weight is 507 g/mol. The number of benzene rings is 1. The second-order valence-corrected chi connectivity index (χ2v) is 9.35. The largest absolute Gasteiger partial charge is 0.508 e. The van der Waals surface area contributed by atoms with Crippen LogP contribution in [0.15, 0.2) is 24.3 Å². The lowest BCUT2D eigenvalue weighted by Crippen LogP contribution is -2.57. The van der Waals surface area contributed by atoms with Gasteiger partial charge in [0.05, 0.1) is 12.5 Å². The maximum absolute atomic E-state index is 13.2. The lowest BCUT2D eigenvalue weighted by atomic mass is 10.0. The normalized spacial score (nSPS) is 17.8. The molecular formula is C24H34N4O8. The average Bonchev–Trinajstić information content (AvgIpc) is 3.28. The van der Waals surface area contributed by atoms with Gasteiger partial charge in [-0.25, -0.2) is 4.79 Å². The highest BCUT2D eigenvalue weighted by atomic mass is 16.4. The molecule has 2 rings (SSSR count). The first kappa shape index (κ1) is 28.6. The van der Waals surface area contributed by atoms with Gasteiger partial charge < -0.3 is 36.6 Å². The van der Waals surface area contributed by atoms with E-state index in [1.165, 1.54) is 29.2 Å². The molecule has 4 unspecified atom stereocenters. The number of hydrogen-bond acceptors (Lipinski definition) is 7. The van der Waals surface area contributed by atoms with Crippen LogP contribution in [-0.4, -0.2) is 80.6 Å². The topological polar surface area (TPSA) is 199 Å². The van der Waals surface area contributed by atoms with Crippen molar-refractivity contribution >= 4 is 29.7 Å². The first-order valence-corrected chi connectivity index (χ1v) is 11.8. The summed E-state index contributed by atoms with van der Waals surface area (Å²) in [5.41, 5.74) is 6.59. The van der Waals surface area contributed by atoms with Gasteiger partial charge >= 0.3 is 11.9 Å². The molecule has 12 nitrogen and oxygen atoms in total. The molecule has 0 radical (unpaired) electrons. The summed E-state index contributed by atoms with van der Waals surface area (Å²) in [5.74, 6) is -4.61. The van der Waals surface area contributed by atoms with Crippen LogP contribution in [-0.2, 0) is 30.4 Å². The molecule has 4 atom stereocenters. The van der Waals surface area contributed by atoms with E-state index in [1.807, 2.05) is 13.8 Å². The number of aromatic hydroxyl groups is 1. The van der Waals surface area contributed by atoms with Crippen LogP contribution in [0.3, 0.4) is 0 Å². The van der Waals surface area contributed by atoms with Gasteiger partial charge in [-0.3, -0.25) is 19.2 Å². The molecule has 1 aromatic carbocycles. The van der Waals surface area contributed by atoms with Gasteiger partial charge in [-0.15, -0.1) is 0 Å². The molecule has 1 saturated heterocycles. The highest BCUT2D eigenvalue weighted by Gasteiger charge is 2.38. The second kappa shape index (κ2) is 12.9. The van der Waals surface area contributed by atoms with E-state index in [-0.39, 0.29) is 24.0 Å². The number of carboxylic acid groups (broad SMARTS) is 2. The maximum atomic E-state index is 13.2. The van der Waals surface area contributed by atoms with Crippen LogP contribution in [0.1, 0.15) is 45.1 Å². The van der Waals surface area contributed by atoms with Crippen LogP contribution in [0.2, 0.25) is 0 Å². The number of hydrogen-bond donors (Lipinski definition) is 6. The van der Waals surface area contributed by atoms with Crippen LogP contribution in [0.25, 0.3) is 0 Å². The number of nitrogens with zero attached hydrogens (tertiary/aromatic N) is 1. The molecule has 0 bridgehead atoms. The minimum absolute atomic E-state index is 0.00553. The highest BCUT2D eigenvalue weighted by Crippen LogP contribution is 2.20. The first-order valence-electron chi connectivity index (χ1n) is 11.8. The molecule has 1 aliphatic rings. The molecule has 198 valence electrons. The fraction of sp³-hybridized carbons (Fsp3) is 0.542. The van der Waals surface area contributed by atoms with Crippen molar-refractivity contribution in [3.8, 4) is 5.75 Å². The van der Waals surface area contributed by atoms with Gasteiger partial charge in [-0.2, -0.15) is 0 Å². The minimum Gasteiger partial charge on any atom is -0.508 e. The zero-order valence-corrected chi connectivity index (χ0v) is 20.3. The summed E-state index contributed by atoms with van der Waals surface area (Å²) in [6.07, 6.45) is 0.489. The maximum Gasteiger partial charge on any atom is 0.326 e. The van der Waals surface area contributed by atoms with E-state index >= 15 is 0 Å². The fourth-order valence-electron chi connectivity index (χ4n) is 4.12. The Balaban J connectivity index is 2.21. The van der Waals surface area contributed by atoms with Crippen molar-refractivity contribution < 1.29 is 39.3 Å². The van der Waals surface area contributed by atoms with Gasteiger partial charge in [0.1, 0.15) is 23.9 Å². The zero-order valence-electron chi connectivity index (χ0n) is 20.3. The zero-order chi connectivity index (χ0) is 27.0. The molecule has 0 aliphatic carbocycles. The number of nitrogens with one attached hydrogen (secondary N) is 2. The molecular weight excluding hydrogens is 472 g/mol. The van der Waals surface area contributed by atoms with Gasteiger partial charge in [0.25, 0.3) is 0 Å². The number of amides is 3. The molecule has 1 heterocycles. The van der Waals surface area contributed by atoms with Crippen molar-refractivity contribution in [1.82, 2.24) is 15.5 Å². The molecule has 0 aromatic heterocycles. The second-order valence-electron chi connectivity index (χ2n) is 9.35. The van der Waals surface area contributed by atoms with Crippen molar-refractivity contribution in [2.24, 2.45) is 11.7 Å². The van der Waals surface area contributed by atoms with Crippen LogP contribution >= 0.6 is 0 Å². The number of carboxylic acids is 2. The van der Waals surface area contributed by atoms with Crippen LogP contribution < -0.4 is 16.4 Å². The third kappa shape index (κ3) is 8.22. The SMILES string of the molecule is CC(C)CC(N)C(=O)N1CCCC1C(=O)NC(Cc1ccc(O)cc1)C(=O)NC(CC(=O)O)C(=O)O. The van der Waals surface area contributed by atoms with E-state index < -0.39 is 54.3 Å². The number of aliphatic carboxylic acids is 2. The molecule has 0 spiro atoms. The number of likely N-dealkylation sites (tertiary alicyclic amines) is 1. The van der Waals surface area contributed by atoms with Crippen molar-refractivity contribution in [3.63, 3.8) is 0 Å². The number of carbonyl (C=O) groups is 5. The molecule has 0 saturated carbocycles. The molecule has 7 N–H and O–H groups in total. The van der Waals surface area contributed by atoms with Crippen LogP contribution in [0, 0.1) is 5.92 Å². The summed E-state index contributed by atoms with van der Waals surface area (Å²) < 4.78 is 0. The van der Waals surface area contributed by atoms with Gasteiger partial charge in [-0.05, 0) is 42.9 Å². The Morgan fingerprint density at radius 2 is 1.69 bits per heavy atom. The molecule has 3 amide bonds. The Kier molecular flexibility index (Phi) is 10.2. The Morgan fingerprint density at radius 1 is 1.06 bits per heavy atom. The van der Waals surface area contributed by atoms with Crippen molar-refractivity contribution in [2.75, 3.05) is 6.54 Å². The standard InChI is InChI=1S/C24H34N4O8/c1-13(2)10-16(25)23(34)28-9-3-4-19(28)22(33)26-17(11-14-5-7-15(29)8-6-14)21(32)27-18(24(35)36)12-20(30)31/h5-8,13,16-19,29H,3-4,9-12,25H2,1-2H3,(H,26,33)(H,27,32)(H,30,31)(H,35,36). The van der Waals surface area contributed by atoms with Gasteiger partial charge in [0, 0.05) is 13.0 Å². The van der Waals surface area contributed by atoms with E-state index in [2.05, 4.69) is 10.6 Å². The van der Waals surface area contributed by atoms with Crippen molar-refractivity contribution in [3.05, 3.63) is 29.8 Å². The monoisotopic (exact) mass is 506 g/mol. The summed E-state index contributed by atoms with van der Waals surface area (Å²) in [6.45, 7) is 4.21. The lowest BCUT2D eigenvalue weighted by molar-refractivity contribution is -0.147. The summed E-state index contributed by atoms with van der Waals surface area (Å²) in [4.78, 5) is 62.9. The minimum atomic E-state index is -1.70. The summed E-state index contributed by atoms with van der Waals surface area (Å²) in [5, 5.41) is 32.5. The fourth-order valence-corrected chi connectivity index (χ4v) is 4.12. The Hall–Kier alpha value is -3.67. The quantitative estimate of drug-likeness (QED) is 0.223. The predicted molar refractivity (Wildman–Crippen MR) is 128 cm³/mol. The van der Waals surface area contributed by atoms with Crippen LogP contribution in [0.4, 0.5) is 0 Å². The first-order chi connectivity index (χ1) is 16.9. The van der Waals surface area contributed by atoms with E-state index in [4.69, 9.17) is 10.8 Å². The number of rotatable bonds is 12. The highest BCUT2D eigenvalue weighted by molar-refractivity contribution is 5.95. The Bertz CT molecular complexity index is 965. The summed E-state index contributed by atoms with van der Waals surface area (Å²) >= 11 is 0. The van der Waals surface area contributed by atoms with Gasteiger partial charge in [-0.1, -0.05) is 26.0 Å². The third-order valence-corrected chi connectivity index (χ3v) is 5.88.